The summed E-state index contributed by atoms with van der Waals surface area (Å²) < 4.78 is 36.0. The molecule has 1 saturated heterocycles. The third-order valence-electron chi connectivity index (χ3n) is 2.54. The molecule has 1 aliphatic rings. The van der Waals surface area contributed by atoms with Gasteiger partial charge in [-0.2, -0.15) is 0 Å². The Balaban J connectivity index is 2.14. The van der Waals surface area contributed by atoms with E-state index in [1.807, 2.05) is 0 Å². The highest BCUT2D eigenvalue weighted by atomic mass is 35.5. The van der Waals surface area contributed by atoms with Crippen molar-refractivity contribution in [1.29, 1.82) is 0 Å². The molecule has 0 bridgehead atoms. The van der Waals surface area contributed by atoms with E-state index in [4.69, 9.17) is 11.6 Å². The quantitative estimate of drug-likeness (QED) is 0.889. The van der Waals surface area contributed by atoms with Gasteiger partial charge in [-0.3, -0.25) is 0 Å². The average Bonchev–Trinajstić information content (AvgIpc) is 2.53. The second kappa shape index (κ2) is 4.22. The number of sulfone groups is 1. The minimum absolute atomic E-state index is 0.0332. The maximum absolute atomic E-state index is 13.5. The van der Waals surface area contributed by atoms with E-state index >= 15 is 0 Å². The number of nitrogens with one attached hydrogen (secondary N) is 1. The van der Waals surface area contributed by atoms with Gasteiger partial charge in [0, 0.05) is 6.04 Å². The maximum atomic E-state index is 13.5. The van der Waals surface area contributed by atoms with Gasteiger partial charge in [0.25, 0.3) is 0 Å². The minimum atomic E-state index is -2.96. The number of halogens is 2. The predicted molar refractivity (Wildman–Crippen MR) is 62.1 cm³/mol. The van der Waals surface area contributed by atoms with Crippen LogP contribution in [0.15, 0.2) is 18.2 Å². The summed E-state index contributed by atoms with van der Waals surface area (Å²) in [4.78, 5) is 0. The van der Waals surface area contributed by atoms with Crippen LogP contribution in [0.2, 0.25) is 5.02 Å². The van der Waals surface area contributed by atoms with Crippen LogP contribution in [0.4, 0.5) is 10.1 Å². The third kappa shape index (κ3) is 2.47. The van der Waals surface area contributed by atoms with E-state index < -0.39 is 15.7 Å². The first kappa shape index (κ1) is 11.7. The van der Waals surface area contributed by atoms with Crippen LogP contribution in [0.5, 0.6) is 0 Å². The van der Waals surface area contributed by atoms with E-state index in [1.165, 1.54) is 6.07 Å². The van der Waals surface area contributed by atoms with Crippen molar-refractivity contribution in [2.24, 2.45) is 0 Å². The van der Waals surface area contributed by atoms with E-state index in [0.29, 0.717) is 6.42 Å². The molecular weight excluding hydrogens is 253 g/mol. The van der Waals surface area contributed by atoms with Gasteiger partial charge in [-0.25, -0.2) is 12.8 Å². The molecule has 0 amide bonds. The summed E-state index contributed by atoms with van der Waals surface area (Å²) in [7, 11) is -2.96. The maximum Gasteiger partial charge on any atom is 0.164 e. The molecule has 1 atom stereocenters. The molecule has 0 spiro atoms. The Hall–Kier alpha value is -0.810. The first-order valence-corrected chi connectivity index (χ1v) is 7.09. The first-order valence-electron chi connectivity index (χ1n) is 4.89. The standard InChI is InChI=1S/C10H11ClFNO2S/c11-8-2-1-3-9(10(8)12)13-7-4-5-16(14,15)6-7/h1-3,7,13H,4-6H2. The number of anilines is 1. The summed E-state index contributed by atoms with van der Waals surface area (Å²) >= 11 is 5.62. The van der Waals surface area contributed by atoms with E-state index in [1.54, 1.807) is 12.1 Å². The number of hydrogen-bond donors (Lipinski definition) is 1. The second-order valence-corrected chi connectivity index (χ2v) is 6.48. The van der Waals surface area contributed by atoms with Gasteiger partial charge in [0.05, 0.1) is 22.2 Å². The summed E-state index contributed by atoms with van der Waals surface area (Å²) in [5, 5.41) is 2.90. The van der Waals surface area contributed by atoms with Gasteiger partial charge in [-0.05, 0) is 18.6 Å². The van der Waals surface area contributed by atoms with Crippen LogP contribution in [0.25, 0.3) is 0 Å². The average molecular weight is 264 g/mol. The van der Waals surface area contributed by atoms with Gasteiger partial charge in [-0.15, -0.1) is 0 Å². The zero-order chi connectivity index (χ0) is 11.8. The summed E-state index contributed by atoms with van der Waals surface area (Å²) in [5.41, 5.74) is 0.259. The molecule has 0 aromatic heterocycles. The number of hydrogen-bond acceptors (Lipinski definition) is 3. The molecule has 16 heavy (non-hydrogen) atoms. The topological polar surface area (TPSA) is 46.2 Å². The van der Waals surface area contributed by atoms with E-state index in [2.05, 4.69) is 5.32 Å². The second-order valence-electron chi connectivity index (χ2n) is 3.85. The summed E-state index contributed by atoms with van der Waals surface area (Å²) in [6.45, 7) is 0. The lowest BCUT2D eigenvalue weighted by Crippen LogP contribution is -2.21. The highest BCUT2D eigenvalue weighted by molar-refractivity contribution is 7.91. The van der Waals surface area contributed by atoms with Gasteiger partial charge in [0.2, 0.25) is 0 Å². The molecule has 1 aliphatic heterocycles. The summed E-state index contributed by atoms with van der Waals surface area (Å²) in [6.07, 6.45) is 0.508. The summed E-state index contributed by atoms with van der Waals surface area (Å²) in [5.74, 6) is -0.320. The Morgan fingerprint density at radius 3 is 2.81 bits per heavy atom. The molecular formula is C10H11ClFNO2S. The zero-order valence-corrected chi connectivity index (χ0v) is 9.98. The van der Waals surface area contributed by atoms with Gasteiger partial charge in [0.1, 0.15) is 0 Å². The third-order valence-corrected chi connectivity index (χ3v) is 4.60. The fourth-order valence-electron chi connectivity index (χ4n) is 1.74. The van der Waals surface area contributed by atoms with Crippen molar-refractivity contribution in [3.63, 3.8) is 0 Å². The molecule has 2 rings (SSSR count). The molecule has 88 valence electrons. The van der Waals surface area contributed by atoms with Gasteiger partial charge >= 0.3 is 0 Å². The number of benzene rings is 1. The smallest absolute Gasteiger partial charge is 0.164 e. The molecule has 1 heterocycles. The van der Waals surface area contributed by atoms with Gasteiger partial charge < -0.3 is 5.32 Å². The van der Waals surface area contributed by atoms with E-state index in [-0.39, 0.29) is 28.3 Å². The van der Waals surface area contributed by atoms with Crippen LogP contribution in [-0.2, 0) is 9.84 Å². The first-order chi connectivity index (χ1) is 7.48. The minimum Gasteiger partial charge on any atom is -0.379 e. The van der Waals surface area contributed by atoms with Crippen LogP contribution in [0.3, 0.4) is 0 Å². The Kier molecular flexibility index (Phi) is 3.08. The lowest BCUT2D eigenvalue weighted by Gasteiger charge is -2.13. The van der Waals surface area contributed by atoms with Crippen molar-refractivity contribution >= 4 is 27.1 Å². The highest BCUT2D eigenvalue weighted by Gasteiger charge is 2.28. The fourth-order valence-corrected chi connectivity index (χ4v) is 3.59. The normalized spacial score (nSPS) is 23.2. The molecule has 0 saturated carbocycles. The molecule has 1 fully saturated rings. The Labute approximate surface area is 98.5 Å². The van der Waals surface area contributed by atoms with Crippen LogP contribution in [-0.4, -0.2) is 26.0 Å². The van der Waals surface area contributed by atoms with Crippen molar-refractivity contribution in [2.45, 2.75) is 12.5 Å². The monoisotopic (exact) mass is 263 g/mol. The highest BCUT2D eigenvalue weighted by Crippen LogP contribution is 2.24. The van der Waals surface area contributed by atoms with Crippen LogP contribution >= 0.6 is 11.6 Å². The Morgan fingerprint density at radius 1 is 1.44 bits per heavy atom. The zero-order valence-electron chi connectivity index (χ0n) is 8.41. The molecule has 6 heteroatoms. The molecule has 3 nitrogen and oxygen atoms in total. The fraction of sp³-hybridized carbons (Fsp3) is 0.400. The predicted octanol–water partition coefficient (Wildman–Crippen LogP) is 2.08. The molecule has 1 aromatic carbocycles. The van der Waals surface area contributed by atoms with Crippen molar-refractivity contribution in [1.82, 2.24) is 0 Å². The van der Waals surface area contributed by atoms with Gasteiger partial charge in [-0.1, -0.05) is 17.7 Å². The SMILES string of the molecule is O=S1(=O)CCC(Nc2cccc(Cl)c2F)C1. The molecule has 0 aliphatic carbocycles. The van der Waals surface area contributed by atoms with Crippen LogP contribution in [0.1, 0.15) is 6.42 Å². The lowest BCUT2D eigenvalue weighted by molar-refractivity contribution is 0.601. The lowest BCUT2D eigenvalue weighted by atomic mass is 10.2. The van der Waals surface area contributed by atoms with Crippen LogP contribution in [0, 0.1) is 5.82 Å². The Bertz CT molecular complexity index is 504. The van der Waals surface area contributed by atoms with Gasteiger partial charge in [0.15, 0.2) is 15.7 Å². The molecule has 1 aromatic rings. The Morgan fingerprint density at radius 2 is 2.19 bits per heavy atom. The number of rotatable bonds is 2. The van der Waals surface area contributed by atoms with Crippen molar-refractivity contribution < 1.29 is 12.8 Å². The molecule has 1 unspecified atom stereocenters. The molecule has 1 N–H and O–H groups in total. The van der Waals surface area contributed by atoms with Crippen molar-refractivity contribution in [3.05, 3.63) is 29.0 Å². The van der Waals surface area contributed by atoms with E-state index in [9.17, 15) is 12.8 Å². The van der Waals surface area contributed by atoms with Crippen molar-refractivity contribution in [2.75, 3.05) is 16.8 Å². The summed E-state index contributed by atoms with van der Waals surface area (Å²) in [6, 6.07) is 4.40. The van der Waals surface area contributed by atoms with E-state index in [0.717, 1.165) is 0 Å². The van der Waals surface area contributed by atoms with Crippen molar-refractivity contribution in [3.8, 4) is 0 Å². The largest absolute Gasteiger partial charge is 0.379 e. The van der Waals surface area contributed by atoms with Crippen LogP contribution < -0.4 is 5.32 Å². The molecule has 0 radical (unpaired) electrons.